The van der Waals surface area contributed by atoms with E-state index in [1.165, 1.54) is 0 Å². The molecular weight excluding hydrogens is 461 g/mol. The lowest BCUT2D eigenvalue weighted by atomic mass is 9.91. The summed E-state index contributed by atoms with van der Waals surface area (Å²) in [6.07, 6.45) is -0.0500. The number of amides is 1. The zero-order valence-electron chi connectivity index (χ0n) is 19.8. The van der Waals surface area contributed by atoms with Crippen molar-refractivity contribution in [3.8, 4) is 5.75 Å². The van der Waals surface area contributed by atoms with Gasteiger partial charge in [-0.1, -0.05) is 0 Å². The van der Waals surface area contributed by atoms with Crippen molar-refractivity contribution in [3.63, 3.8) is 0 Å². The van der Waals surface area contributed by atoms with E-state index in [9.17, 15) is 22.8 Å². The first-order chi connectivity index (χ1) is 16.6. The lowest BCUT2D eigenvalue weighted by Crippen LogP contribution is -2.37. The van der Waals surface area contributed by atoms with Crippen LogP contribution in [0.4, 0.5) is 24.8 Å². The van der Waals surface area contributed by atoms with E-state index in [-0.39, 0.29) is 42.3 Å². The van der Waals surface area contributed by atoms with Crippen LogP contribution in [0.2, 0.25) is 0 Å². The van der Waals surface area contributed by atoms with Crippen LogP contribution in [0.1, 0.15) is 60.6 Å². The average Bonchev–Trinajstić information content (AvgIpc) is 3.64. The summed E-state index contributed by atoms with van der Waals surface area (Å²) in [6, 6.07) is 4.30. The fraction of sp³-hybridized carbons (Fsp3) is 0.520. The molecule has 1 aliphatic carbocycles. The fourth-order valence-electron chi connectivity index (χ4n) is 4.36. The molecule has 0 radical (unpaired) electrons. The van der Waals surface area contributed by atoms with Crippen molar-refractivity contribution in [2.45, 2.75) is 52.1 Å². The molecule has 4 rings (SSSR count). The van der Waals surface area contributed by atoms with Crippen molar-refractivity contribution in [3.05, 3.63) is 41.2 Å². The first-order valence-electron chi connectivity index (χ1n) is 11.9. The fourth-order valence-corrected chi connectivity index (χ4v) is 4.36. The molecule has 1 saturated carbocycles. The van der Waals surface area contributed by atoms with Crippen LogP contribution in [-0.4, -0.2) is 41.4 Å². The lowest BCUT2D eigenvalue weighted by Gasteiger charge is -2.34. The maximum Gasteiger partial charge on any atom is 0.418 e. The molecule has 2 aliphatic rings. The van der Waals surface area contributed by atoms with Crippen LogP contribution in [0.3, 0.4) is 0 Å². The van der Waals surface area contributed by atoms with Gasteiger partial charge in [0.15, 0.2) is 17.4 Å². The number of aryl methyl sites for hydroxylation is 1. The number of alkyl halides is 3. The molecule has 1 amide bonds. The Morgan fingerprint density at radius 3 is 2.66 bits per heavy atom. The van der Waals surface area contributed by atoms with Gasteiger partial charge in [-0.2, -0.15) is 13.2 Å². The molecule has 2 aromatic heterocycles. The van der Waals surface area contributed by atoms with E-state index < -0.39 is 11.7 Å². The number of piperidine rings is 1. The number of ether oxygens (including phenoxy) is 1. The number of ketones is 1. The smallest absolute Gasteiger partial charge is 0.418 e. The van der Waals surface area contributed by atoms with E-state index in [1.807, 2.05) is 4.90 Å². The summed E-state index contributed by atoms with van der Waals surface area (Å²) in [6.45, 7) is 4.80. The van der Waals surface area contributed by atoms with Crippen LogP contribution < -0.4 is 15.0 Å². The number of carbonyl (C=O) groups excluding carboxylic acids is 2. The van der Waals surface area contributed by atoms with E-state index >= 15 is 0 Å². The van der Waals surface area contributed by atoms with Gasteiger partial charge in [0.25, 0.3) is 0 Å². The Bertz CT molecular complexity index is 1100. The van der Waals surface area contributed by atoms with Crippen molar-refractivity contribution in [2.24, 2.45) is 11.8 Å². The Morgan fingerprint density at radius 1 is 1.20 bits per heavy atom. The number of Topliss-reactive ketones (excluding diaryl/α,β-unsaturated/α-hetero) is 1. The topological polar surface area (TPSA) is 84.4 Å². The van der Waals surface area contributed by atoms with E-state index in [0.29, 0.717) is 36.0 Å². The summed E-state index contributed by atoms with van der Waals surface area (Å²) >= 11 is 0. The number of nitrogens with zero attached hydrogens (tertiary/aromatic N) is 3. The van der Waals surface area contributed by atoms with Gasteiger partial charge in [0.1, 0.15) is 5.82 Å². The van der Waals surface area contributed by atoms with Gasteiger partial charge in [-0.05, 0) is 63.6 Å². The quantitative estimate of drug-likeness (QED) is 0.522. The minimum Gasteiger partial charge on any atom is -0.490 e. The van der Waals surface area contributed by atoms with Crippen molar-refractivity contribution >= 4 is 23.3 Å². The van der Waals surface area contributed by atoms with Gasteiger partial charge in [0.2, 0.25) is 5.91 Å². The Hall–Kier alpha value is -3.17. The zero-order chi connectivity index (χ0) is 25.2. The molecule has 188 valence electrons. The van der Waals surface area contributed by atoms with Crippen LogP contribution in [0, 0.1) is 18.8 Å². The van der Waals surface area contributed by atoms with Crippen LogP contribution in [0.5, 0.6) is 5.75 Å². The molecule has 2 aromatic rings. The van der Waals surface area contributed by atoms with Gasteiger partial charge in [0.05, 0.1) is 12.2 Å². The number of carbonyl (C=O) groups is 2. The highest BCUT2D eigenvalue weighted by Gasteiger charge is 2.34. The number of anilines is 2. The minimum absolute atomic E-state index is 0.00722. The zero-order valence-corrected chi connectivity index (χ0v) is 19.8. The number of pyridine rings is 2. The van der Waals surface area contributed by atoms with E-state index in [1.54, 1.807) is 26.0 Å². The molecule has 0 aromatic carbocycles. The largest absolute Gasteiger partial charge is 0.490 e. The highest BCUT2D eigenvalue weighted by Crippen LogP contribution is 2.37. The molecule has 2 fully saturated rings. The molecule has 0 spiro atoms. The molecule has 10 heteroatoms. The monoisotopic (exact) mass is 490 g/mol. The lowest BCUT2D eigenvalue weighted by molar-refractivity contribution is -0.138. The van der Waals surface area contributed by atoms with Crippen molar-refractivity contribution in [2.75, 3.05) is 29.9 Å². The van der Waals surface area contributed by atoms with Crippen LogP contribution >= 0.6 is 0 Å². The van der Waals surface area contributed by atoms with Crippen LogP contribution in [0.25, 0.3) is 0 Å². The average molecular weight is 491 g/mol. The van der Waals surface area contributed by atoms with Gasteiger partial charge in [0, 0.05) is 42.9 Å². The molecule has 0 bridgehead atoms. The maximum atomic E-state index is 13.1. The molecule has 0 unspecified atom stereocenters. The van der Waals surface area contributed by atoms with Crippen LogP contribution in [-0.2, 0) is 11.0 Å². The molecular formula is C25H29F3N4O3. The van der Waals surface area contributed by atoms with Gasteiger partial charge in [-0.25, -0.2) is 9.97 Å². The molecule has 3 heterocycles. The second-order valence-electron chi connectivity index (χ2n) is 9.20. The second kappa shape index (κ2) is 10.2. The van der Waals surface area contributed by atoms with Gasteiger partial charge in [-0.3, -0.25) is 9.59 Å². The second-order valence-corrected chi connectivity index (χ2v) is 9.20. The van der Waals surface area contributed by atoms with E-state index in [2.05, 4.69) is 15.3 Å². The third kappa shape index (κ3) is 6.29. The molecule has 35 heavy (non-hydrogen) atoms. The summed E-state index contributed by atoms with van der Waals surface area (Å²) in [5.41, 5.74) is 0.275. The highest BCUT2D eigenvalue weighted by molar-refractivity contribution is 5.98. The third-order valence-electron chi connectivity index (χ3n) is 6.23. The van der Waals surface area contributed by atoms with Crippen molar-refractivity contribution < 1.29 is 27.5 Å². The first kappa shape index (κ1) is 24.9. The first-order valence-corrected chi connectivity index (χ1v) is 11.9. The number of rotatable bonds is 8. The molecule has 1 saturated heterocycles. The highest BCUT2D eigenvalue weighted by atomic mass is 19.4. The Morgan fingerprint density at radius 2 is 1.97 bits per heavy atom. The Balaban J connectivity index is 1.46. The Kier molecular flexibility index (Phi) is 7.28. The molecule has 1 N–H and O–H groups in total. The van der Waals surface area contributed by atoms with Gasteiger partial charge < -0.3 is 15.0 Å². The Labute approximate surface area is 202 Å². The summed E-state index contributed by atoms with van der Waals surface area (Å²) < 4.78 is 44.9. The van der Waals surface area contributed by atoms with Crippen molar-refractivity contribution in [1.29, 1.82) is 0 Å². The van der Waals surface area contributed by atoms with Gasteiger partial charge in [-0.15, -0.1) is 0 Å². The summed E-state index contributed by atoms with van der Waals surface area (Å²) in [5, 5.41) is 2.79. The van der Waals surface area contributed by atoms with Crippen molar-refractivity contribution in [1.82, 2.24) is 9.97 Å². The molecule has 1 atom stereocenters. The number of hydrogen-bond acceptors (Lipinski definition) is 6. The predicted molar refractivity (Wildman–Crippen MR) is 125 cm³/mol. The maximum absolute atomic E-state index is 13.1. The van der Waals surface area contributed by atoms with E-state index in [0.717, 1.165) is 37.9 Å². The summed E-state index contributed by atoms with van der Waals surface area (Å²) in [7, 11) is 0. The summed E-state index contributed by atoms with van der Waals surface area (Å²) in [4.78, 5) is 35.5. The number of halogens is 3. The van der Waals surface area contributed by atoms with Gasteiger partial charge >= 0.3 is 6.18 Å². The minimum atomic E-state index is -4.51. The normalized spacial score (nSPS) is 18.3. The SMILES string of the molecule is CCOc1cc(C(F)(F)F)cnc1N1CCC[C@@H](CC(=O)c2cc(C)nc(NC(=O)C3CC3)c2)C1. The molecule has 1 aliphatic heterocycles. The number of nitrogens with one attached hydrogen (secondary N) is 1. The van der Waals surface area contributed by atoms with Crippen LogP contribution in [0.15, 0.2) is 24.4 Å². The van der Waals surface area contributed by atoms with E-state index in [4.69, 9.17) is 4.74 Å². The number of hydrogen-bond donors (Lipinski definition) is 1. The third-order valence-corrected chi connectivity index (χ3v) is 6.23. The number of aromatic nitrogens is 2. The summed E-state index contributed by atoms with van der Waals surface area (Å²) in [5.74, 6) is 0.744. The predicted octanol–water partition coefficient (Wildman–Crippen LogP) is 5.04. The standard InChI is InChI=1S/C25H29F3N4O3/c1-3-35-21-12-19(25(26,27)28)13-29-23(21)32-8-4-5-16(14-32)10-20(33)18-9-15(2)30-22(11-18)31-24(34)17-6-7-17/h9,11-13,16-17H,3-8,10,14H2,1-2H3,(H,30,31,34)/t16-/m0/s1. The molecule has 7 nitrogen and oxygen atoms in total.